The summed E-state index contributed by atoms with van der Waals surface area (Å²) < 4.78 is 4.64. The lowest BCUT2D eigenvalue weighted by molar-refractivity contribution is -0.154. The number of hydrogen-bond acceptors (Lipinski definition) is 5. The molecule has 0 amide bonds. The van der Waals surface area contributed by atoms with Crippen LogP contribution in [0.25, 0.3) is 0 Å². The highest BCUT2D eigenvalue weighted by molar-refractivity contribution is 6.11. The summed E-state index contributed by atoms with van der Waals surface area (Å²) in [6, 6.07) is 0. The van der Waals surface area contributed by atoms with Crippen LogP contribution < -0.4 is 0 Å². The third-order valence-corrected chi connectivity index (χ3v) is 5.00. The Morgan fingerprint density at radius 3 is 1.71 bits per heavy atom. The molecule has 5 nitrogen and oxygen atoms in total. The van der Waals surface area contributed by atoms with Gasteiger partial charge in [-0.1, -0.05) is 0 Å². The van der Waals surface area contributed by atoms with Crippen molar-refractivity contribution in [1.29, 1.82) is 0 Å². The van der Waals surface area contributed by atoms with Gasteiger partial charge in [-0.2, -0.15) is 0 Å². The molecule has 17 heavy (non-hydrogen) atoms. The molecule has 6 atom stereocenters. The SMILES string of the molecule is O=C1CC(=O)C2C3CC(C12)C1C(=O)OC(=O)C31. The van der Waals surface area contributed by atoms with Crippen molar-refractivity contribution in [3.8, 4) is 0 Å². The zero-order valence-corrected chi connectivity index (χ0v) is 8.92. The number of cyclic esters (lactones) is 2. The number of fused-ring (bicyclic) bond motifs is 8. The molecular weight excluding hydrogens is 224 g/mol. The maximum atomic E-state index is 11.8. The van der Waals surface area contributed by atoms with Crippen molar-refractivity contribution in [3.63, 3.8) is 0 Å². The standard InChI is InChI=1S/C12H10O5/c13-5-2-6(14)8-4-1-3(7(5)8)9-10(4)12(16)17-11(9)15/h3-4,7-10H,1-2H2. The van der Waals surface area contributed by atoms with E-state index in [2.05, 4.69) is 4.74 Å². The zero-order valence-electron chi connectivity index (χ0n) is 8.92. The van der Waals surface area contributed by atoms with E-state index in [0.29, 0.717) is 6.42 Å². The molecule has 1 saturated heterocycles. The summed E-state index contributed by atoms with van der Waals surface area (Å²) in [7, 11) is 0. The highest BCUT2D eigenvalue weighted by Crippen LogP contribution is 2.63. The number of rotatable bonds is 0. The Bertz CT molecular complexity index is 409. The molecule has 5 heteroatoms. The van der Waals surface area contributed by atoms with Gasteiger partial charge in [0.2, 0.25) is 0 Å². The van der Waals surface area contributed by atoms with Crippen molar-refractivity contribution >= 4 is 23.5 Å². The predicted molar refractivity (Wildman–Crippen MR) is 51.3 cm³/mol. The van der Waals surface area contributed by atoms with Crippen molar-refractivity contribution in [2.45, 2.75) is 12.8 Å². The van der Waals surface area contributed by atoms with Gasteiger partial charge in [0, 0.05) is 11.8 Å². The summed E-state index contributed by atoms with van der Waals surface area (Å²) >= 11 is 0. The van der Waals surface area contributed by atoms with Crippen molar-refractivity contribution < 1.29 is 23.9 Å². The molecule has 4 rings (SSSR count). The number of ketones is 2. The van der Waals surface area contributed by atoms with Crippen LogP contribution in [0.4, 0.5) is 0 Å². The monoisotopic (exact) mass is 234 g/mol. The fourth-order valence-electron chi connectivity index (χ4n) is 4.58. The molecule has 6 unspecified atom stereocenters. The second kappa shape index (κ2) is 2.66. The Balaban J connectivity index is 1.82. The second-order valence-corrected chi connectivity index (χ2v) is 5.52. The number of hydrogen-bond donors (Lipinski definition) is 0. The summed E-state index contributed by atoms with van der Waals surface area (Å²) in [5, 5.41) is 0. The molecule has 88 valence electrons. The fourth-order valence-corrected chi connectivity index (χ4v) is 4.58. The molecule has 0 aromatic heterocycles. The molecule has 4 aliphatic rings. The minimum atomic E-state index is -0.488. The first-order valence-electron chi connectivity index (χ1n) is 5.90. The van der Waals surface area contributed by atoms with Gasteiger partial charge in [0.1, 0.15) is 11.6 Å². The Hall–Kier alpha value is -1.52. The molecule has 0 N–H and O–H groups in total. The first-order chi connectivity index (χ1) is 8.09. The molecule has 1 heterocycles. The van der Waals surface area contributed by atoms with Crippen molar-refractivity contribution in [3.05, 3.63) is 0 Å². The summed E-state index contributed by atoms with van der Waals surface area (Å²) in [6.07, 6.45) is 0.647. The molecule has 3 saturated carbocycles. The van der Waals surface area contributed by atoms with Crippen molar-refractivity contribution in [1.82, 2.24) is 0 Å². The van der Waals surface area contributed by atoms with E-state index >= 15 is 0 Å². The van der Waals surface area contributed by atoms with E-state index in [-0.39, 0.29) is 41.7 Å². The smallest absolute Gasteiger partial charge is 0.317 e. The summed E-state index contributed by atoms with van der Waals surface area (Å²) in [5.74, 6) is -2.86. The molecule has 1 aliphatic heterocycles. The van der Waals surface area contributed by atoms with Crippen LogP contribution in [0, 0.1) is 35.5 Å². The summed E-state index contributed by atoms with van der Waals surface area (Å²) in [4.78, 5) is 46.7. The third-order valence-electron chi connectivity index (χ3n) is 5.00. The highest BCUT2D eigenvalue weighted by Gasteiger charge is 2.70. The molecule has 0 spiro atoms. The van der Waals surface area contributed by atoms with Gasteiger partial charge in [0.05, 0.1) is 18.3 Å². The van der Waals surface area contributed by atoms with Crippen LogP contribution in [0.2, 0.25) is 0 Å². The van der Waals surface area contributed by atoms with Gasteiger partial charge in [-0.05, 0) is 18.3 Å². The van der Waals surface area contributed by atoms with E-state index in [1.807, 2.05) is 0 Å². The summed E-state index contributed by atoms with van der Waals surface area (Å²) in [5.41, 5.74) is 0. The number of carbonyl (C=O) groups is 4. The maximum absolute atomic E-state index is 11.8. The zero-order chi connectivity index (χ0) is 11.9. The van der Waals surface area contributed by atoms with Gasteiger partial charge in [-0.3, -0.25) is 19.2 Å². The summed E-state index contributed by atoms with van der Waals surface area (Å²) in [6.45, 7) is 0. The Morgan fingerprint density at radius 2 is 1.24 bits per heavy atom. The van der Waals surface area contributed by atoms with Gasteiger partial charge < -0.3 is 4.74 Å². The van der Waals surface area contributed by atoms with Gasteiger partial charge in [-0.25, -0.2) is 0 Å². The molecular formula is C12H10O5. The number of carbonyl (C=O) groups excluding carboxylic acids is 4. The normalized spacial score (nSPS) is 50.8. The van der Waals surface area contributed by atoms with Gasteiger partial charge in [-0.15, -0.1) is 0 Å². The highest BCUT2D eigenvalue weighted by atomic mass is 16.6. The van der Waals surface area contributed by atoms with Crippen LogP contribution in [0.1, 0.15) is 12.8 Å². The van der Waals surface area contributed by atoms with Crippen LogP contribution in [0.15, 0.2) is 0 Å². The minimum absolute atomic E-state index is 0.00892. The van der Waals surface area contributed by atoms with Crippen molar-refractivity contribution in [2.75, 3.05) is 0 Å². The van der Waals surface area contributed by atoms with E-state index in [1.165, 1.54) is 0 Å². The molecule has 0 aromatic rings. The van der Waals surface area contributed by atoms with Crippen LogP contribution in [-0.2, 0) is 23.9 Å². The molecule has 4 fully saturated rings. The van der Waals surface area contributed by atoms with Gasteiger partial charge in [0.25, 0.3) is 0 Å². The second-order valence-electron chi connectivity index (χ2n) is 5.52. The molecule has 3 aliphatic carbocycles. The average molecular weight is 234 g/mol. The quantitative estimate of drug-likeness (QED) is 0.425. The Morgan fingerprint density at radius 1 is 0.765 bits per heavy atom. The number of ether oxygens (including phenoxy) is 1. The first kappa shape index (κ1) is 9.50. The first-order valence-corrected chi connectivity index (χ1v) is 5.90. The number of esters is 2. The third kappa shape index (κ3) is 0.885. The van der Waals surface area contributed by atoms with Crippen LogP contribution in [0.3, 0.4) is 0 Å². The topological polar surface area (TPSA) is 77.5 Å². The van der Waals surface area contributed by atoms with Crippen molar-refractivity contribution in [2.24, 2.45) is 35.5 Å². The lowest BCUT2D eigenvalue weighted by Gasteiger charge is -2.28. The fraction of sp³-hybridized carbons (Fsp3) is 0.667. The largest absolute Gasteiger partial charge is 0.393 e. The van der Waals surface area contributed by atoms with Crippen LogP contribution in [0.5, 0.6) is 0 Å². The van der Waals surface area contributed by atoms with Gasteiger partial charge in [0.15, 0.2) is 0 Å². The van der Waals surface area contributed by atoms with E-state index in [4.69, 9.17) is 0 Å². The molecule has 0 aromatic carbocycles. The van der Waals surface area contributed by atoms with E-state index in [0.717, 1.165) is 0 Å². The Labute approximate surface area is 96.5 Å². The maximum Gasteiger partial charge on any atom is 0.317 e. The van der Waals surface area contributed by atoms with E-state index in [1.54, 1.807) is 0 Å². The van der Waals surface area contributed by atoms with E-state index < -0.39 is 23.8 Å². The molecule has 2 bridgehead atoms. The van der Waals surface area contributed by atoms with Crippen LogP contribution in [-0.4, -0.2) is 23.5 Å². The van der Waals surface area contributed by atoms with Crippen LogP contribution >= 0.6 is 0 Å². The van der Waals surface area contributed by atoms with Gasteiger partial charge >= 0.3 is 11.9 Å². The number of Topliss-reactive ketones (excluding diaryl/α,β-unsaturated/α-hetero) is 2. The molecule has 0 radical (unpaired) electrons. The lowest BCUT2D eigenvalue weighted by atomic mass is 9.70. The Kier molecular flexibility index (Phi) is 1.48. The minimum Gasteiger partial charge on any atom is -0.393 e. The lowest BCUT2D eigenvalue weighted by Crippen LogP contribution is -2.37. The van der Waals surface area contributed by atoms with E-state index in [9.17, 15) is 19.2 Å². The predicted octanol–water partition coefficient (Wildman–Crippen LogP) is -0.274. The average Bonchev–Trinajstić information content (AvgIpc) is 2.92.